The molecule has 25 heavy (non-hydrogen) atoms. The number of amides is 2. The van der Waals surface area contributed by atoms with Crippen molar-refractivity contribution in [3.63, 3.8) is 0 Å². The summed E-state index contributed by atoms with van der Waals surface area (Å²) in [6, 6.07) is 9.34. The van der Waals surface area contributed by atoms with Crippen LogP contribution in [0.25, 0.3) is 0 Å². The quantitative estimate of drug-likeness (QED) is 0.826. The van der Waals surface area contributed by atoms with Crippen molar-refractivity contribution < 1.29 is 19.1 Å². The van der Waals surface area contributed by atoms with Gasteiger partial charge in [0, 0.05) is 25.1 Å². The molecule has 134 valence electrons. The number of morpholine rings is 1. The second kappa shape index (κ2) is 6.77. The lowest BCUT2D eigenvalue weighted by molar-refractivity contribution is -0.136. The van der Waals surface area contributed by atoms with Gasteiger partial charge < -0.3 is 19.3 Å². The highest BCUT2D eigenvalue weighted by Gasteiger charge is 2.51. The van der Waals surface area contributed by atoms with Gasteiger partial charge in [-0.2, -0.15) is 0 Å². The van der Waals surface area contributed by atoms with Crippen LogP contribution in [0.2, 0.25) is 0 Å². The monoisotopic (exact) mass is 344 g/mol. The summed E-state index contributed by atoms with van der Waals surface area (Å²) in [6.07, 6.45) is 1.40. The Labute approximate surface area is 147 Å². The van der Waals surface area contributed by atoms with E-state index < -0.39 is 0 Å². The molecular formula is C19H24N2O4. The third kappa shape index (κ3) is 3.41. The fourth-order valence-corrected chi connectivity index (χ4v) is 4.04. The Balaban J connectivity index is 1.27. The summed E-state index contributed by atoms with van der Waals surface area (Å²) in [5, 5.41) is 0. The van der Waals surface area contributed by atoms with Crippen LogP contribution in [0.3, 0.4) is 0 Å². The first-order valence-electron chi connectivity index (χ1n) is 8.99. The Morgan fingerprint density at radius 3 is 2.52 bits per heavy atom. The van der Waals surface area contributed by atoms with E-state index in [1.165, 1.54) is 0 Å². The van der Waals surface area contributed by atoms with Crippen molar-refractivity contribution in [2.75, 3.05) is 46.0 Å². The van der Waals surface area contributed by atoms with E-state index in [1.807, 2.05) is 40.1 Å². The molecule has 0 aromatic heterocycles. The fraction of sp³-hybridized carbons (Fsp3) is 0.579. The highest BCUT2D eigenvalue weighted by atomic mass is 16.5. The molecule has 3 heterocycles. The number of rotatable bonds is 3. The zero-order valence-electron chi connectivity index (χ0n) is 14.4. The average Bonchev–Trinajstić information content (AvgIpc) is 3.05. The SMILES string of the molecule is O=C(CC1COC2(C1)CN(C(=O)c1ccccc1)C2)N1CCOCC1. The third-order valence-corrected chi connectivity index (χ3v) is 5.38. The van der Waals surface area contributed by atoms with Gasteiger partial charge in [0.25, 0.3) is 5.91 Å². The molecule has 0 aliphatic carbocycles. The molecule has 6 heteroatoms. The predicted octanol–water partition coefficient (Wildman–Crippen LogP) is 1.17. The minimum atomic E-state index is -0.236. The van der Waals surface area contributed by atoms with E-state index in [4.69, 9.17) is 9.47 Å². The number of carbonyl (C=O) groups excluding carboxylic acids is 2. The zero-order chi connectivity index (χ0) is 17.3. The maximum Gasteiger partial charge on any atom is 0.254 e. The van der Waals surface area contributed by atoms with Crippen molar-refractivity contribution in [3.05, 3.63) is 35.9 Å². The lowest BCUT2D eigenvalue weighted by Gasteiger charge is -2.47. The van der Waals surface area contributed by atoms with E-state index >= 15 is 0 Å². The van der Waals surface area contributed by atoms with E-state index in [-0.39, 0.29) is 23.3 Å². The molecule has 0 radical (unpaired) electrons. The lowest BCUT2D eigenvalue weighted by Crippen LogP contribution is -2.63. The van der Waals surface area contributed by atoms with Crippen LogP contribution in [-0.2, 0) is 14.3 Å². The maximum absolute atomic E-state index is 12.4. The van der Waals surface area contributed by atoms with Crippen LogP contribution in [0.4, 0.5) is 0 Å². The van der Waals surface area contributed by atoms with Gasteiger partial charge in [0.05, 0.1) is 32.9 Å². The highest BCUT2D eigenvalue weighted by Crippen LogP contribution is 2.39. The van der Waals surface area contributed by atoms with Crippen molar-refractivity contribution in [2.24, 2.45) is 5.92 Å². The topological polar surface area (TPSA) is 59.1 Å². The molecular weight excluding hydrogens is 320 g/mol. The van der Waals surface area contributed by atoms with Gasteiger partial charge in [0.1, 0.15) is 5.60 Å². The van der Waals surface area contributed by atoms with Gasteiger partial charge in [0.15, 0.2) is 0 Å². The van der Waals surface area contributed by atoms with Crippen molar-refractivity contribution in [1.29, 1.82) is 0 Å². The Bertz CT molecular complexity index is 636. The number of hydrogen-bond acceptors (Lipinski definition) is 4. The number of hydrogen-bond donors (Lipinski definition) is 0. The summed E-state index contributed by atoms with van der Waals surface area (Å²) in [5.41, 5.74) is 0.481. The number of ether oxygens (including phenoxy) is 2. The lowest BCUT2D eigenvalue weighted by atomic mass is 9.85. The van der Waals surface area contributed by atoms with Crippen LogP contribution < -0.4 is 0 Å². The zero-order valence-corrected chi connectivity index (χ0v) is 14.4. The molecule has 6 nitrogen and oxygen atoms in total. The minimum Gasteiger partial charge on any atom is -0.378 e. The first-order chi connectivity index (χ1) is 12.2. The van der Waals surface area contributed by atoms with E-state index in [0.29, 0.717) is 52.4 Å². The normalized spacial score (nSPS) is 25.0. The molecule has 3 aliphatic heterocycles. The number of likely N-dealkylation sites (tertiary alicyclic amines) is 1. The van der Waals surface area contributed by atoms with Gasteiger partial charge in [0.2, 0.25) is 5.91 Å². The number of carbonyl (C=O) groups is 2. The van der Waals surface area contributed by atoms with Crippen LogP contribution >= 0.6 is 0 Å². The molecule has 1 spiro atoms. The Kier molecular flexibility index (Phi) is 4.48. The van der Waals surface area contributed by atoms with Crippen LogP contribution in [0.15, 0.2) is 30.3 Å². The van der Waals surface area contributed by atoms with E-state index in [0.717, 1.165) is 12.0 Å². The van der Waals surface area contributed by atoms with Crippen LogP contribution in [0.5, 0.6) is 0 Å². The summed E-state index contributed by atoms with van der Waals surface area (Å²) in [4.78, 5) is 28.5. The molecule has 1 unspecified atom stereocenters. The molecule has 1 aromatic rings. The first kappa shape index (κ1) is 16.5. The Morgan fingerprint density at radius 1 is 1.08 bits per heavy atom. The summed E-state index contributed by atoms with van der Waals surface area (Å²) in [6.45, 7) is 4.52. The molecule has 3 fully saturated rings. The summed E-state index contributed by atoms with van der Waals surface area (Å²) >= 11 is 0. The summed E-state index contributed by atoms with van der Waals surface area (Å²) in [5.74, 6) is 0.512. The Hall–Kier alpha value is -1.92. The summed E-state index contributed by atoms with van der Waals surface area (Å²) in [7, 11) is 0. The largest absolute Gasteiger partial charge is 0.378 e. The molecule has 0 saturated carbocycles. The number of benzene rings is 1. The van der Waals surface area contributed by atoms with Gasteiger partial charge in [-0.25, -0.2) is 0 Å². The smallest absolute Gasteiger partial charge is 0.254 e. The van der Waals surface area contributed by atoms with E-state index in [1.54, 1.807) is 0 Å². The first-order valence-corrected chi connectivity index (χ1v) is 8.99. The van der Waals surface area contributed by atoms with Gasteiger partial charge in [-0.1, -0.05) is 18.2 Å². The van der Waals surface area contributed by atoms with Crippen molar-refractivity contribution in [2.45, 2.75) is 18.4 Å². The number of nitrogens with zero attached hydrogens (tertiary/aromatic N) is 2. The summed E-state index contributed by atoms with van der Waals surface area (Å²) < 4.78 is 11.3. The third-order valence-electron chi connectivity index (χ3n) is 5.38. The van der Waals surface area contributed by atoms with Crippen molar-refractivity contribution in [1.82, 2.24) is 9.80 Å². The van der Waals surface area contributed by atoms with Gasteiger partial charge in [-0.3, -0.25) is 9.59 Å². The molecule has 1 atom stereocenters. The Morgan fingerprint density at radius 2 is 1.80 bits per heavy atom. The standard InChI is InChI=1S/C19H24N2O4/c22-17(20-6-8-24-9-7-20)10-15-11-19(25-12-15)13-21(14-19)18(23)16-4-2-1-3-5-16/h1-5,15H,6-14H2. The van der Waals surface area contributed by atoms with Crippen LogP contribution in [0, 0.1) is 5.92 Å². The van der Waals surface area contributed by atoms with Gasteiger partial charge in [-0.05, 0) is 24.5 Å². The molecule has 0 bridgehead atoms. The van der Waals surface area contributed by atoms with Crippen molar-refractivity contribution in [3.8, 4) is 0 Å². The maximum atomic E-state index is 12.4. The van der Waals surface area contributed by atoms with Crippen molar-refractivity contribution >= 4 is 11.8 Å². The highest BCUT2D eigenvalue weighted by molar-refractivity contribution is 5.94. The minimum absolute atomic E-state index is 0.0580. The van der Waals surface area contributed by atoms with Crippen LogP contribution in [-0.4, -0.2) is 73.2 Å². The fourth-order valence-electron chi connectivity index (χ4n) is 4.04. The second-order valence-corrected chi connectivity index (χ2v) is 7.29. The molecule has 4 rings (SSSR count). The van der Waals surface area contributed by atoms with E-state index in [2.05, 4.69) is 0 Å². The van der Waals surface area contributed by atoms with Crippen LogP contribution in [0.1, 0.15) is 23.2 Å². The molecule has 2 amide bonds. The predicted molar refractivity (Wildman–Crippen MR) is 91.2 cm³/mol. The molecule has 3 saturated heterocycles. The average molecular weight is 344 g/mol. The van der Waals surface area contributed by atoms with E-state index in [9.17, 15) is 9.59 Å². The molecule has 0 N–H and O–H groups in total. The van der Waals surface area contributed by atoms with Gasteiger partial charge in [-0.15, -0.1) is 0 Å². The molecule has 1 aromatic carbocycles. The van der Waals surface area contributed by atoms with Gasteiger partial charge >= 0.3 is 0 Å². The second-order valence-electron chi connectivity index (χ2n) is 7.29. The molecule has 3 aliphatic rings.